The lowest BCUT2D eigenvalue weighted by molar-refractivity contribution is -0.138. The van der Waals surface area contributed by atoms with E-state index in [2.05, 4.69) is 15.2 Å². The van der Waals surface area contributed by atoms with Crippen molar-refractivity contribution in [2.24, 2.45) is 0 Å². The van der Waals surface area contributed by atoms with Crippen LogP contribution >= 0.6 is 11.3 Å². The number of nitrogens with zero attached hydrogens (tertiary/aromatic N) is 5. The third-order valence-electron chi connectivity index (χ3n) is 2.72. The van der Waals surface area contributed by atoms with E-state index in [0.29, 0.717) is 28.2 Å². The van der Waals surface area contributed by atoms with Crippen LogP contribution in [0.4, 0.5) is 13.2 Å². The van der Waals surface area contributed by atoms with Crippen molar-refractivity contribution in [3.05, 3.63) is 35.1 Å². The van der Waals surface area contributed by atoms with Crippen LogP contribution in [0.15, 0.2) is 24.3 Å². The molecular weight excluding hydrogens is 303 g/mol. The highest BCUT2D eigenvalue weighted by atomic mass is 32.1. The Hall–Kier alpha value is -2.47. The predicted octanol–water partition coefficient (Wildman–Crippen LogP) is 2.96. The maximum atomic E-state index is 12.6. The molecule has 0 N–H and O–H groups in total. The average molecular weight is 309 g/mol. The number of hydrogen-bond acceptors (Lipinski definition) is 5. The van der Waals surface area contributed by atoms with E-state index in [0.717, 1.165) is 0 Å². The highest BCUT2D eigenvalue weighted by Gasteiger charge is 2.36. The van der Waals surface area contributed by atoms with E-state index >= 15 is 0 Å². The van der Waals surface area contributed by atoms with Crippen molar-refractivity contribution in [2.75, 3.05) is 0 Å². The van der Waals surface area contributed by atoms with E-state index in [1.165, 1.54) is 4.57 Å². The van der Waals surface area contributed by atoms with Crippen LogP contribution in [0.2, 0.25) is 0 Å². The van der Waals surface area contributed by atoms with Crippen molar-refractivity contribution in [2.45, 2.75) is 12.6 Å². The first kappa shape index (κ1) is 13.5. The Labute approximate surface area is 120 Å². The van der Waals surface area contributed by atoms with Crippen LogP contribution in [0.5, 0.6) is 0 Å². The van der Waals surface area contributed by atoms with Crippen LogP contribution < -0.4 is 0 Å². The van der Waals surface area contributed by atoms with Gasteiger partial charge in [-0.05, 0) is 12.1 Å². The van der Waals surface area contributed by atoms with Gasteiger partial charge >= 0.3 is 6.18 Å². The highest BCUT2D eigenvalue weighted by molar-refractivity contribution is 7.13. The molecule has 0 amide bonds. The van der Waals surface area contributed by atoms with Crippen molar-refractivity contribution >= 4 is 22.4 Å². The fourth-order valence-corrected chi connectivity index (χ4v) is 2.65. The molecule has 0 atom stereocenters. The summed E-state index contributed by atoms with van der Waals surface area (Å²) >= 11 is 0.419. The lowest BCUT2D eigenvalue weighted by atomic mass is 10.3. The second kappa shape index (κ2) is 4.82. The quantitative estimate of drug-likeness (QED) is 0.730. The van der Waals surface area contributed by atoms with Gasteiger partial charge in [0.25, 0.3) is 0 Å². The van der Waals surface area contributed by atoms with Gasteiger partial charge in [-0.2, -0.15) is 18.4 Å². The summed E-state index contributed by atoms with van der Waals surface area (Å²) in [6.07, 6.45) is -4.57. The zero-order chi connectivity index (χ0) is 15.0. The van der Waals surface area contributed by atoms with Gasteiger partial charge in [-0.15, -0.1) is 10.2 Å². The van der Waals surface area contributed by atoms with E-state index in [1.54, 1.807) is 24.3 Å². The Kier molecular flexibility index (Phi) is 3.10. The summed E-state index contributed by atoms with van der Waals surface area (Å²) in [6.45, 7) is 0. The Morgan fingerprint density at radius 1 is 1.24 bits per heavy atom. The van der Waals surface area contributed by atoms with Gasteiger partial charge in [-0.3, -0.25) is 4.57 Å². The summed E-state index contributed by atoms with van der Waals surface area (Å²) in [7, 11) is 0. The van der Waals surface area contributed by atoms with Gasteiger partial charge in [0, 0.05) is 0 Å². The zero-order valence-electron chi connectivity index (χ0n) is 10.3. The Balaban J connectivity index is 2.21. The molecule has 3 rings (SSSR count). The second-order valence-corrected chi connectivity index (χ2v) is 5.03. The summed E-state index contributed by atoms with van der Waals surface area (Å²) in [4.78, 5) is 4.25. The molecule has 0 aliphatic rings. The molecule has 0 fully saturated rings. The standard InChI is InChI=1S/C12H6F3N5S/c13-12(14,15)10-18-19-11(21-10)20-8-4-2-1-3-7(8)17-9(20)5-6-16/h1-4H,5H2. The van der Waals surface area contributed by atoms with Crippen LogP contribution in [0, 0.1) is 11.3 Å². The van der Waals surface area contributed by atoms with Crippen LogP contribution in [-0.2, 0) is 12.6 Å². The van der Waals surface area contributed by atoms with Gasteiger partial charge in [0.05, 0.1) is 23.5 Å². The number of benzene rings is 1. The van der Waals surface area contributed by atoms with E-state index in [4.69, 9.17) is 5.26 Å². The van der Waals surface area contributed by atoms with Crippen LogP contribution in [-0.4, -0.2) is 19.7 Å². The fourth-order valence-electron chi connectivity index (χ4n) is 1.90. The molecule has 0 saturated carbocycles. The largest absolute Gasteiger partial charge is 0.445 e. The molecule has 0 aliphatic heterocycles. The van der Waals surface area contributed by atoms with E-state index < -0.39 is 11.2 Å². The molecule has 0 unspecified atom stereocenters. The summed E-state index contributed by atoms with van der Waals surface area (Å²) in [5, 5.41) is 14.6. The van der Waals surface area contributed by atoms with E-state index in [9.17, 15) is 13.2 Å². The first-order valence-electron chi connectivity index (χ1n) is 5.75. The highest BCUT2D eigenvalue weighted by Crippen LogP contribution is 2.33. The molecular formula is C12H6F3N5S. The predicted molar refractivity (Wildman–Crippen MR) is 68.9 cm³/mol. The molecule has 2 aromatic heterocycles. The van der Waals surface area contributed by atoms with Gasteiger partial charge in [0.15, 0.2) is 0 Å². The maximum absolute atomic E-state index is 12.6. The lowest BCUT2D eigenvalue weighted by Crippen LogP contribution is -2.03. The minimum Gasteiger partial charge on any atom is -0.269 e. The van der Waals surface area contributed by atoms with Crippen LogP contribution in [0.25, 0.3) is 16.2 Å². The normalized spacial score (nSPS) is 11.7. The Morgan fingerprint density at radius 3 is 2.67 bits per heavy atom. The van der Waals surface area contributed by atoms with Crippen molar-refractivity contribution in [3.8, 4) is 11.2 Å². The third kappa shape index (κ3) is 2.34. The van der Waals surface area contributed by atoms with Crippen molar-refractivity contribution in [1.82, 2.24) is 19.7 Å². The molecule has 0 spiro atoms. The molecule has 3 aromatic rings. The number of imidazole rings is 1. The molecule has 9 heteroatoms. The Morgan fingerprint density at radius 2 is 2.00 bits per heavy atom. The topological polar surface area (TPSA) is 67.4 Å². The van der Waals surface area contributed by atoms with E-state index in [1.807, 2.05) is 6.07 Å². The minimum absolute atomic E-state index is 0.0321. The lowest BCUT2D eigenvalue weighted by Gasteiger charge is -2.02. The number of fused-ring (bicyclic) bond motifs is 1. The molecule has 0 aliphatic carbocycles. The summed E-state index contributed by atoms with van der Waals surface area (Å²) in [5.41, 5.74) is 1.18. The van der Waals surface area contributed by atoms with Crippen molar-refractivity contribution < 1.29 is 13.2 Å². The molecule has 5 nitrogen and oxygen atoms in total. The summed E-state index contributed by atoms with van der Waals surface area (Å²) in [6, 6.07) is 8.87. The summed E-state index contributed by atoms with van der Waals surface area (Å²) in [5.74, 6) is 0.337. The van der Waals surface area contributed by atoms with Gasteiger partial charge < -0.3 is 0 Å². The number of alkyl halides is 3. The number of rotatable bonds is 2. The molecule has 0 saturated heterocycles. The van der Waals surface area contributed by atoms with Crippen molar-refractivity contribution in [3.63, 3.8) is 0 Å². The maximum Gasteiger partial charge on any atom is 0.445 e. The molecule has 106 valence electrons. The smallest absolute Gasteiger partial charge is 0.269 e. The number of hydrogen-bond donors (Lipinski definition) is 0. The molecule has 0 radical (unpaired) electrons. The van der Waals surface area contributed by atoms with Gasteiger partial charge in [0.2, 0.25) is 10.1 Å². The first-order valence-corrected chi connectivity index (χ1v) is 6.57. The number of halogens is 3. The van der Waals surface area contributed by atoms with Gasteiger partial charge in [-0.1, -0.05) is 23.5 Å². The second-order valence-electron chi connectivity index (χ2n) is 4.07. The monoisotopic (exact) mass is 309 g/mol. The SMILES string of the molecule is N#CCc1nc2ccccc2n1-c1nnc(C(F)(F)F)s1. The summed E-state index contributed by atoms with van der Waals surface area (Å²) < 4.78 is 39.3. The number of aromatic nitrogens is 4. The number of nitriles is 1. The van der Waals surface area contributed by atoms with Crippen LogP contribution in [0.1, 0.15) is 10.8 Å². The van der Waals surface area contributed by atoms with E-state index in [-0.39, 0.29) is 11.6 Å². The fraction of sp³-hybridized carbons (Fsp3) is 0.167. The third-order valence-corrected chi connectivity index (χ3v) is 3.67. The van der Waals surface area contributed by atoms with Gasteiger partial charge in [-0.25, -0.2) is 4.98 Å². The molecule has 1 aromatic carbocycles. The first-order chi connectivity index (χ1) is 10.0. The van der Waals surface area contributed by atoms with Crippen molar-refractivity contribution in [1.29, 1.82) is 5.26 Å². The minimum atomic E-state index is -4.54. The molecule has 0 bridgehead atoms. The Bertz CT molecular complexity index is 843. The number of para-hydroxylation sites is 2. The van der Waals surface area contributed by atoms with Gasteiger partial charge in [0.1, 0.15) is 5.82 Å². The molecule has 21 heavy (non-hydrogen) atoms. The zero-order valence-corrected chi connectivity index (χ0v) is 11.1. The molecule has 2 heterocycles. The van der Waals surface area contributed by atoms with Crippen LogP contribution in [0.3, 0.4) is 0 Å². The average Bonchev–Trinajstić information content (AvgIpc) is 3.01.